The minimum absolute atomic E-state index is 0.135. The topological polar surface area (TPSA) is 53.8 Å². The first-order chi connectivity index (χ1) is 9.70. The van der Waals surface area contributed by atoms with Crippen LogP contribution >= 0.6 is 0 Å². The van der Waals surface area contributed by atoms with Crippen LogP contribution < -0.4 is 10.2 Å². The molecule has 20 heavy (non-hydrogen) atoms. The maximum atomic E-state index is 9.62. The molecule has 0 spiro atoms. The Kier molecular flexibility index (Phi) is 4.60. The highest BCUT2D eigenvalue weighted by Crippen LogP contribution is 2.26. The number of hydrogen-bond donors (Lipinski definition) is 2. The van der Waals surface area contributed by atoms with Gasteiger partial charge in [0, 0.05) is 0 Å². The number of aryl methyl sites for hydroxylation is 1. The van der Waals surface area contributed by atoms with Gasteiger partial charge in [0.15, 0.2) is 11.5 Å². The number of nitrogens with zero attached hydrogens (tertiary/aromatic N) is 1. The standard InChI is InChI=1S/C16H18N2O2/c1-3-20-16-10-13(8-9-15(16)19)11-17-18-14-7-5-4-6-12(14)2/h4-11,18-19H,3H2,1-2H3/b17-11+. The van der Waals surface area contributed by atoms with E-state index in [-0.39, 0.29) is 5.75 Å². The molecule has 0 fully saturated rings. The highest BCUT2D eigenvalue weighted by atomic mass is 16.5. The molecule has 2 aromatic carbocycles. The lowest BCUT2D eigenvalue weighted by molar-refractivity contribution is 0.318. The van der Waals surface area contributed by atoms with Crippen molar-refractivity contribution in [1.29, 1.82) is 0 Å². The summed E-state index contributed by atoms with van der Waals surface area (Å²) < 4.78 is 5.33. The van der Waals surface area contributed by atoms with Crippen LogP contribution in [0.5, 0.6) is 11.5 Å². The molecule has 2 N–H and O–H groups in total. The number of para-hydroxylation sites is 1. The van der Waals surface area contributed by atoms with Crippen LogP contribution in [-0.2, 0) is 0 Å². The van der Waals surface area contributed by atoms with Crippen molar-refractivity contribution in [3.8, 4) is 11.5 Å². The van der Waals surface area contributed by atoms with Crippen LogP contribution in [0.3, 0.4) is 0 Å². The Morgan fingerprint density at radius 1 is 1.25 bits per heavy atom. The fraction of sp³-hybridized carbons (Fsp3) is 0.188. The summed E-state index contributed by atoms with van der Waals surface area (Å²) in [6.07, 6.45) is 1.69. The molecule has 0 amide bonds. The second-order valence-corrected chi connectivity index (χ2v) is 4.35. The SMILES string of the molecule is CCOc1cc(/C=N/Nc2ccccc2C)ccc1O. The van der Waals surface area contributed by atoms with Crippen molar-refractivity contribution in [1.82, 2.24) is 0 Å². The summed E-state index contributed by atoms with van der Waals surface area (Å²) in [6.45, 7) is 4.40. The molecular formula is C16H18N2O2. The van der Waals surface area contributed by atoms with Crippen molar-refractivity contribution in [3.63, 3.8) is 0 Å². The molecule has 4 heteroatoms. The van der Waals surface area contributed by atoms with Gasteiger partial charge in [-0.2, -0.15) is 5.10 Å². The van der Waals surface area contributed by atoms with Crippen LogP contribution in [0.15, 0.2) is 47.6 Å². The number of anilines is 1. The molecule has 0 radical (unpaired) electrons. The fourth-order valence-electron chi connectivity index (χ4n) is 1.76. The van der Waals surface area contributed by atoms with Crippen molar-refractivity contribution in [2.75, 3.05) is 12.0 Å². The molecule has 4 nitrogen and oxygen atoms in total. The van der Waals surface area contributed by atoms with Crippen molar-refractivity contribution in [3.05, 3.63) is 53.6 Å². The fourth-order valence-corrected chi connectivity index (χ4v) is 1.76. The number of hydrazone groups is 1. The lowest BCUT2D eigenvalue weighted by Gasteiger charge is -2.06. The molecule has 2 rings (SSSR count). The molecular weight excluding hydrogens is 252 g/mol. The van der Waals surface area contributed by atoms with Crippen LogP contribution in [0.2, 0.25) is 0 Å². The van der Waals surface area contributed by atoms with Crippen LogP contribution in [-0.4, -0.2) is 17.9 Å². The number of rotatable bonds is 5. The molecule has 104 valence electrons. The van der Waals surface area contributed by atoms with E-state index in [0.29, 0.717) is 12.4 Å². The van der Waals surface area contributed by atoms with Gasteiger partial charge in [0.1, 0.15) is 0 Å². The van der Waals surface area contributed by atoms with Crippen LogP contribution in [0, 0.1) is 6.92 Å². The number of aromatic hydroxyl groups is 1. The number of benzene rings is 2. The summed E-state index contributed by atoms with van der Waals surface area (Å²) in [7, 11) is 0. The van der Waals surface area contributed by atoms with Crippen molar-refractivity contribution >= 4 is 11.9 Å². The highest BCUT2D eigenvalue weighted by Gasteiger charge is 2.02. The molecule has 0 bridgehead atoms. The molecule has 0 heterocycles. The van der Waals surface area contributed by atoms with E-state index in [1.54, 1.807) is 24.4 Å². The Hall–Kier alpha value is -2.49. The van der Waals surface area contributed by atoms with Gasteiger partial charge in [-0.3, -0.25) is 5.43 Å². The quantitative estimate of drug-likeness (QED) is 0.645. The van der Waals surface area contributed by atoms with Gasteiger partial charge >= 0.3 is 0 Å². The lowest BCUT2D eigenvalue weighted by Crippen LogP contribution is -1.95. The first-order valence-corrected chi connectivity index (χ1v) is 6.51. The molecule has 0 aliphatic rings. The Bertz CT molecular complexity index is 609. The Morgan fingerprint density at radius 3 is 2.80 bits per heavy atom. The molecule has 0 aliphatic carbocycles. The maximum absolute atomic E-state index is 9.62. The first kappa shape index (κ1) is 13.9. The number of phenolic OH excluding ortho intramolecular Hbond substituents is 1. The normalized spacial score (nSPS) is 10.7. The van der Waals surface area contributed by atoms with Gasteiger partial charge in [-0.1, -0.05) is 18.2 Å². The van der Waals surface area contributed by atoms with E-state index >= 15 is 0 Å². The summed E-state index contributed by atoms with van der Waals surface area (Å²) in [6, 6.07) is 13.1. The lowest BCUT2D eigenvalue weighted by atomic mass is 10.2. The Balaban J connectivity index is 2.08. The van der Waals surface area contributed by atoms with Gasteiger partial charge in [0.05, 0.1) is 18.5 Å². The van der Waals surface area contributed by atoms with E-state index in [9.17, 15) is 5.11 Å². The van der Waals surface area contributed by atoms with E-state index in [0.717, 1.165) is 16.8 Å². The zero-order valence-electron chi connectivity index (χ0n) is 11.6. The largest absolute Gasteiger partial charge is 0.504 e. The van der Waals surface area contributed by atoms with Crippen LogP contribution in [0.4, 0.5) is 5.69 Å². The summed E-state index contributed by atoms with van der Waals surface area (Å²) in [5.41, 5.74) is 5.94. The maximum Gasteiger partial charge on any atom is 0.161 e. The smallest absolute Gasteiger partial charge is 0.161 e. The van der Waals surface area contributed by atoms with Gasteiger partial charge in [-0.25, -0.2) is 0 Å². The Morgan fingerprint density at radius 2 is 2.05 bits per heavy atom. The Labute approximate surface area is 118 Å². The van der Waals surface area contributed by atoms with Gasteiger partial charge in [0.2, 0.25) is 0 Å². The number of ether oxygens (including phenoxy) is 1. The third kappa shape index (κ3) is 3.51. The predicted octanol–water partition coefficient (Wildman–Crippen LogP) is 3.55. The molecule has 0 unspecified atom stereocenters. The first-order valence-electron chi connectivity index (χ1n) is 6.51. The molecule has 0 atom stereocenters. The number of phenols is 1. The zero-order chi connectivity index (χ0) is 14.4. The van der Waals surface area contributed by atoms with Crippen molar-refractivity contribution in [2.24, 2.45) is 5.10 Å². The minimum atomic E-state index is 0.135. The predicted molar refractivity (Wildman–Crippen MR) is 81.7 cm³/mol. The summed E-state index contributed by atoms with van der Waals surface area (Å²) in [5, 5.41) is 13.8. The molecule has 2 aromatic rings. The van der Waals surface area contributed by atoms with E-state index in [1.165, 1.54) is 0 Å². The van der Waals surface area contributed by atoms with E-state index < -0.39 is 0 Å². The second kappa shape index (κ2) is 6.61. The zero-order valence-corrected chi connectivity index (χ0v) is 11.6. The average molecular weight is 270 g/mol. The van der Waals surface area contributed by atoms with Gasteiger partial charge in [-0.15, -0.1) is 0 Å². The summed E-state index contributed by atoms with van der Waals surface area (Å²) in [4.78, 5) is 0. The molecule has 0 saturated carbocycles. The third-order valence-corrected chi connectivity index (χ3v) is 2.83. The monoisotopic (exact) mass is 270 g/mol. The van der Waals surface area contributed by atoms with E-state index in [1.807, 2.05) is 38.1 Å². The highest BCUT2D eigenvalue weighted by molar-refractivity contribution is 5.81. The average Bonchev–Trinajstić information content (AvgIpc) is 2.45. The van der Waals surface area contributed by atoms with Crippen molar-refractivity contribution in [2.45, 2.75) is 13.8 Å². The van der Waals surface area contributed by atoms with Crippen molar-refractivity contribution < 1.29 is 9.84 Å². The summed E-state index contributed by atoms with van der Waals surface area (Å²) in [5.74, 6) is 0.600. The van der Waals surface area contributed by atoms with Gasteiger partial charge < -0.3 is 9.84 Å². The molecule has 0 saturated heterocycles. The summed E-state index contributed by atoms with van der Waals surface area (Å²) >= 11 is 0. The third-order valence-electron chi connectivity index (χ3n) is 2.83. The minimum Gasteiger partial charge on any atom is -0.504 e. The van der Waals surface area contributed by atoms with E-state index in [4.69, 9.17) is 4.74 Å². The van der Waals surface area contributed by atoms with Crippen LogP contribution in [0.1, 0.15) is 18.1 Å². The molecule has 0 aliphatic heterocycles. The molecule has 0 aromatic heterocycles. The number of hydrogen-bond acceptors (Lipinski definition) is 4. The second-order valence-electron chi connectivity index (χ2n) is 4.35. The van der Waals surface area contributed by atoms with E-state index in [2.05, 4.69) is 10.5 Å². The van der Waals surface area contributed by atoms with Gasteiger partial charge in [0.25, 0.3) is 0 Å². The number of nitrogens with one attached hydrogen (secondary N) is 1. The van der Waals surface area contributed by atoms with Gasteiger partial charge in [-0.05, 0) is 49.2 Å². The van der Waals surface area contributed by atoms with Crippen LogP contribution in [0.25, 0.3) is 0 Å².